The summed E-state index contributed by atoms with van der Waals surface area (Å²) in [4.78, 5) is 16.0. The number of hydrogen-bond donors (Lipinski definition) is 1. The molecule has 1 atom stereocenters. The second-order valence-electron chi connectivity index (χ2n) is 11.7. The van der Waals surface area contributed by atoms with Gasteiger partial charge in [0.05, 0.1) is 24.2 Å². The first-order chi connectivity index (χ1) is 19.6. The van der Waals surface area contributed by atoms with Gasteiger partial charge in [-0.1, -0.05) is 51.1 Å². The van der Waals surface area contributed by atoms with Crippen molar-refractivity contribution in [2.24, 2.45) is 0 Å². The molecule has 3 aromatic rings. The zero-order valence-electron chi connectivity index (χ0n) is 24.2. The molecule has 0 radical (unpaired) electrons. The van der Waals surface area contributed by atoms with Gasteiger partial charge in [0.1, 0.15) is 11.5 Å². The van der Waals surface area contributed by atoms with Crippen LogP contribution in [0.4, 0.5) is 5.69 Å². The van der Waals surface area contributed by atoms with Crippen molar-refractivity contribution in [2.45, 2.75) is 63.1 Å². The van der Waals surface area contributed by atoms with Crippen molar-refractivity contribution in [1.29, 1.82) is 0 Å². The summed E-state index contributed by atoms with van der Waals surface area (Å²) in [6.07, 6.45) is 1.42. The molecule has 0 aromatic heterocycles. The van der Waals surface area contributed by atoms with Crippen LogP contribution in [-0.4, -0.2) is 52.1 Å². The van der Waals surface area contributed by atoms with Gasteiger partial charge >= 0.3 is 0 Å². The molecule has 1 N–H and O–H groups in total. The van der Waals surface area contributed by atoms with Crippen molar-refractivity contribution in [3.8, 4) is 11.5 Å². The van der Waals surface area contributed by atoms with Gasteiger partial charge in [0.25, 0.3) is 15.9 Å². The Hall–Kier alpha value is -3.56. The van der Waals surface area contributed by atoms with Crippen LogP contribution < -0.4 is 19.1 Å². The summed E-state index contributed by atoms with van der Waals surface area (Å²) in [5, 5.41) is 3.01. The van der Waals surface area contributed by atoms with Crippen molar-refractivity contribution in [3.63, 3.8) is 0 Å². The number of nitrogens with one attached hydrogen (secondary N) is 1. The number of fused-ring (bicyclic) bond motifs is 1. The van der Waals surface area contributed by atoms with Crippen LogP contribution in [0, 0.1) is 0 Å². The van der Waals surface area contributed by atoms with Gasteiger partial charge < -0.3 is 14.8 Å². The number of ether oxygens (including phenoxy) is 2. The fraction of sp³-hybridized carbons (Fsp3) is 0.406. The van der Waals surface area contributed by atoms with E-state index in [9.17, 15) is 13.2 Å². The minimum absolute atomic E-state index is 0.113. The van der Waals surface area contributed by atoms with E-state index in [1.165, 1.54) is 42.0 Å². The summed E-state index contributed by atoms with van der Waals surface area (Å²) in [7, 11) is -2.47. The summed E-state index contributed by atoms with van der Waals surface area (Å²) in [5.41, 5.74) is 3.41. The first-order valence-corrected chi connectivity index (χ1v) is 15.5. The average Bonchev–Trinajstić information content (AvgIpc) is 3.48. The van der Waals surface area contributed by atoms with E-state index in [2.05, 4.69) is 37.1 Å². The highest BCUT2D eigenvalue weighted by molar-refractivity contribution is 7.92. The zero-order valence-corrected chi connectivity index (χ0v) is 25.0. The molecule has 1 amide bonds. The maximum absolute atomic E-state index is 14.0. The van der Waals surface area contributed by atoms with Crippen molar-refractivity contribution in [1.82, 2.24) is 10.2 Å². The van der Waals surface area contributed by atoms with Gasteiger partial charge in [-0.25, -0.2) is 8.42 Å². The second kappa shape index (κ2) is 11.7. The number of carbonyl (C=O) groups is 1. The van der Waals surface area contributed by atoms with Gasteiger partial charge in [-0.3, -0.25) is 14.0 Å². The largest absolute Gasteiger partial charge is 0.497 e. The van der Waals surface area contributed by atoms with Crippen molar-refractivity contribution < 1.29 is 22.7 Å². The van der Waals surface area contributed by atoms with E-state index in [0.717, 1.165) is 30.8 Å². The minimum atomic E-state index is -4.00. The topological polar surface area (TPSA) is 88.2 Å². The second-order valence-corrected chi connectivity index (χ2v) is 13.6. The molecule has 3 aromatic carbocycles. The molecule has 1 fully saturated rings. The number of likely N-dealkylation sites (tertiary alicyclic amines) is 1. The molecule has 1 saturated heterocycles. The molecule has 2 aliphatic heterocycles. The SMILES string of the molecule is COc1ccc(S(=O)(=O)N2CC(C(=O)NCc3ccccc3CN3CCCC3)Oc3ccc(C(C)(C)C)cc32)cc1. The summed E-state index contributed by atoms with van der Waals surface area (Å²) >= 11 is 0. The molecule has 1 unspecified atom stereocenters. The summed E-state index contributed by atoms with van der Waals surface area (Å²) < 4.78 is 40.6. The molecule has 9 heteroatoms. The standard InChI is InChI=1S/C32H39N3O5S/c1-32(2,3)25-11-16-29-28(19-25)35(41(37,38)27-14-12-26(39-4)13-15-27)22-30(40-29)31(36)33-20-23-9-5-6-10-24(23)21-34-17-7-8-18-34/h5-6,9-16,19,30H,7-8,17-18,20-22H2,1-4H3,(H,33,36). The average molecular weight is 578 g/mol. The third-order valence-electron chi connectivity index (χ3n) is 7.80. The first-order valence-electron chi connectivity index (χ1n) is 14.1. The molecule has 0 aliphatic carbocycles. The predicted octanol–water partition coefficient (Wildman–Crippen LogP) is 4.86. The van der Waals surface area contributed by atoms with E-state index in [-0.39, 0.29) is 22.8 Å². The van der Waals surface area contributed by atoms with E-state index in [1.807, 2.05) is 30.3 Å². The molecular weight excluding hydrogens is 538 g/mol. The van der Waals surface area contributed by atoms with E-state index >= 15 is 0 Å². The highest BCUT2D eigenvalue weighted by atomic mass is 32.2. The lowest BCUT2D eigenvalue weighted by molar-refractivity contribution is -0.127. The highest BCUT2D eigenvalue weighted by Gasteiger charge is 2.38. The number of sulfonamides is 1. The van der Waals surface area contributed by atoms with Crippen molar-refractivity contribution in [3.05, 3.63) is 83.4 Å². The number of anilines is 1. The van der Waals surface area contributed by atoms with Gasteiger partial charge in [-0.05, 0) is 84.4 Å². The van der Waals surface area contributed by atoms with Crippen molar-refractivity contribution >= 4 is 21.6 Å². The van der Waals surface area contributed by atoms with Crippen LogP contribution in [0.3, 0.4) is 0 Å². The number of hydrogen-bond acceptors (Lipinski definition) is 6. The van der Waals surface area contributed by atoms with Crippen molar-refractivity contribution in [2.75, 3.05) is 31.0 Å². The van der Waals surface area contributed by atoms with E-state index in [1.54, 1.807) is 18.2 Å². The maximum atomic E-state index is 14.0. The molecule has 2 heterocycles. The van der Waals surface area contributed by atoms with Gasteiger partial charge in [0, 0.05) is 13.1 Å². The lowest BCUT2D eigenvalue weighted by Crippen LogP contribution is -2.50. The van der Waals surface area contributed by atoms with Crippen LogP contribution in [-0.2, 0) is 33.3 Å². The Morgan fingerprint density at radius 1 is 1.00 bits per heavy atom. The predicted molar refractivity (Wildman–Crippen MR) is 160 cm³/mol. The number of rotatable bonds is 8. The van der Waals surface area contributed by atoms with Crippen LogP contribution in [0.2, 0.25) is 0 Å². The number of benzene rings is 3. The molecule has 0 saturated carbocycles. The third-order valence-corrected chi connectivity index (χ3v) is 9.59. The van der Waals surface area contributed by atoms with Crippen LogP contribution in [0.5, 0.6) is 11.5 Å². The Bertz CT molecular complexity index is 1490. The lowest BCUT2D eigenvalue weighted by atomic mass is 9.86. The maximum Gasteiger partial charge on any atom is 0.264 e. The Balaban J connectivity index is 1.40. The molecule has 0 bridgehead atoms. The van der Waals surface area contributed by atoms with E-state index < -0.39 is 16.1 Å². The highest BCUT2D eigenvalue weighted by Crippen LogP contribution is 2.40. The lowest BCUT2D eigenvalue weighted by Gasteiger charge is -2.36. The van der Waals surface area contributed by atoms with Gasteiger partial charge in [0.2, 0.25) is 0 Å². The van der Waals surface area contributed by atoms with Crippen LogP contribution >= 0.6 is 0 Å². The normalized spacial score (nSPS) is 17.6. The van der Waals surface area contributed by atoms with E-state index in [4.69, 9.17) is 9.47 Å². The fourth-order valence-corrected chi connectivity index (χ4v) is 6.79. The molecule has 5 rings (SSSR count). The summed E-state index contributed by atoms with van der Waals surface area (Å²) in [6.45, 7) is 9.43. The minimum Gasteiger partial charge on any atom is -0.497 e. The van der Waals surface area contributed by atoms with Gasteiger partial charge in [0.15, 0.2) is 6.10 Å². The molecule has 218 valence electrons. The van der Waals surface area contributed by atoms with Crippen LogP contribution in [0.25, 0.3) is 0 Å². The summed E-state index contributed by atoms with van der Waals surface area (Å²) in [6, 6.07) is 19.9. The van der Waals surface area contributed by atoms with Gasteiger partial charge in [-0.2, -0.15) is 0 Å². The third kappa shape index (κ3) is 6.36. The number of amides is 1. The smallest absolute Gasteiger partial charge is 0.264 e. The Kier molecular flexibility index (Phi) is 8.29. The summed E-state index contributed by atoms with van der Waals surface area (Å²) in [5.74, 6) is 0.556. The zero-order chi connectivity index (χ0) is 29.2. The van der Waals surface area contributed by atoms with E-state index in [0.29, 0.717) is 23.7 Å². The first kappa shape index (κ1) is 29.0. The number of nitrogens with zero attached hydrogens (tertiary/aromatic N) is 2. The Morgan fingerprint density at radius 2 is 1.68 bits per heavy atom. The quantitative estimate of drug-likeness (QED) is 0.412. The molecule has 0 spiro atoms. The fourth-order valence-electron chi connectivity index (χ4n) is 5.32. The van der Waals surface area contributed by atoms with Crippen LogP contribution in [0.15, 0.2) is 71.6 Å². The van der Waals surface area contributed by atoms with Gasteiger partial charge in [-0.15, -0.1) is 0 Å². The molecular formula is C32H39N3O5S. The van der Waals surface area contributed by atoms with Crippen LogP contribution in [0.1, 0.15) is 50.3 Å². The number of methoxy groups -OCH3 is 1. The molecule has 8 nitrogen and oxygen atoms in total. The monoisotopic (exact) mass is 577 g/mol. The molecule has 41 heavy (non-hydrogen) atoms. The Labute approximate surface area is 243 Å². The number of carbonyl (C=O) groups excluding carboxylic acids is 1. The Morgan fingerprint density at radius 3 is 2.34 bits per heavy atom. The molecule has 2 aliphatic rings.